The van der Waals surface area contributed by atoms with Crippen molar-refractivity contribution in [2.24, 2.45) is 5.73 Å². The van der Waals surface area contributed by atoms with E-state index in [4.69, 9.17) is 16.2 Å². The Hall–Kier alpha value is -2.54. The molecule has 13 heteroatoms. The fraction of sp³-hybridized carbons (Fsp3) is 0.529. The van der Waals surface area contributed by atoms with Crippen molar-refractivity contribution < 1.29 is 29.0 Å². The van der Waals surface area contributed by atoms with Crippen LogP contribution in [-0.4, -0.2) is 68.9 Å². The van der Waals surface area contributed by atoms with Crippen molar-refractivity contribution in [3.8, 4) is 5.88 Å². The standard InChI is InChI=1S/C7H12O4.C5H4N2O3.C5H12N2S2/c1-3-10-6(8)5-7(9)11-4-2;8-2-3-6-4(9)1-5(10)7-3;1-3-9-5(8-2)4(6)7/h3-5H2,1-2H3;1-2H,(H2,6,7,9,10);5H,3H2,1-2H3,(H3,6,7). The van der Waals surface area contributed by atoms with Crippen LogP contribution in [0.15, 0.2) is 10.9 Å². The van der Waals surface area contributed by atoms with Gasteiger partial charge in [0, 0.05) is 0 Å². The molecule has 0 saturated carbocycles. The summed E-state index contributed by atoms with van der Waals surface area (Å²) in [5, 5.41) is 15.7. The second-order valence-corrected chi connectivity index (χ2v) is 7.50. The van der Waals surface area contributed by atoms with Gasteiger partial charge in [-0.1, -0.05) is 6.92 Å². The average molecular weight is 465 g/mol. The fourth-order valence-electron chi connectivity index (χ4n) is 1.50. The third kappa shape index (κ3) is 16.4. The molecule has 1 aromatic rings. The predicted octanol–water partition coefficient (Wildman–Crippen LogP) is 1.16. The van der Waals surface area contributed by atoms with Gasteiger partial charge in [-0.25, -0.2) is 0 Å². The van der Waals surface area contributed by atoms with Crippen LogP contribution in [0.4, 0.5) is 0 Å². The molecule has 1 unspecified atom stereocenters. The van der Waals surface area contributed by atoms with Crippen molar-refractivity contribution in [1.29, 1.82) is 5.41 Å². The normalized spacial score (nSPS) is 10.3. The van der Waals surface area contributed by atoms with E-state index in [1.54, 1.807) is 37.4 Å². The van der Waals surface area contributed by atoms with E-state index in [9.17, 15) is 19.2 Å². The minimum absolute atomic E-state index is 0.162. The first-order chi connectivity index (χ1) is 14.1. The summed E-state index contributed by atoms with van der Waals surface area (Å²) in [4.78, 5) is 47.0. The van der Waals surface area contributed by atoms with Gasteiger partial charge >= 0.3 is 11.9 Å². The first-order valence-corrected chi connectivity index (χ1v) is 11.0. The molecule has 11 nitrogen and oxygen atoms in total. The smallest absolute Gasteiger partial charge is 0.317 e. The number of carbonyl (C=O) groups is 3. The van der Waals surface area contributed by atoms with Gasteiger partial charge in [-0.2, -0.15) is 4.98 Å². The molecule has 170 valence electrons. The van der Waals surface area contributed by atoms with Crippen LogP contribution in [-0.2, 0) is 19.1 Å². The summed E-state index contributed by atoms with van der Waals surface area (Å²) in [5.41, 5.74) is 4.73. The summed E-state index contributed by atoms with van der Waals surface area (Å²) >= 11 is 3.31. The molecule has 1 rings (SSSR count). The molecule has 1 heterocycles. The highest BCUT2D eigenvalue weighted by atomic mass is 32.2. The Morgan fingerprint density at radius 2 is 1.83 bits per heavy atom. The topological polar surface area (TPSA) is 186 Å². The number of nitrogens with one attached hydrogen (secondary N) is 2. The Bertz CT molecular complexity index is 712. The highest BCUT2D eigenvalue weighted by Crippen LogP contribution is 2.19. The summed E-state index contributed by atoms with van der Waals surface area (Å²) in [6, 6.07) is 0.882. The molecule has 0 aromatic carbocycles. The predicted molar refractivity (Wildman–Crippen MR) is 117 cm³/mol. The molecule has 0 amide bonds. The summed E-state index contributed by atoms with van der Waals surface area (Å²) in [6.07, 6.45) is 2.03. The van der Waals surface area contributed by atoms with Gasteiger partial charge in [0.05, 0.1) is 19.3 Å². The maximum Gasteiger partial charge on any atom is 0.317 e. The third-order valence-corrected chi connectivity index (χ3v) is 5.10. The maximum atomic E-state index is 10.6. The van der Waals surface area contributed by atoms with Gasteiger partial charge in [0.1, 0.15) is 16.8 Å². The number of nitrogens with zero attached hydrogens (tertiary/aromatic N) is 1. The van der Waals surface area contributed by atoms with Gasteiger partial charge in [0.2, 0.25) is 5.88 Å². The fourth-order valence-corrected chi connectivity index (χ4v) is 3.19. The summed E-state index contributed by atoms with van der Waals surface area (Å²) in [5.74, 6) is -0.410. The number of rotatable bonds is 9. The minimum Gasteiger partial charge on any atom is -0.493 e. The number of nitrogens with two attached hydrogens (primary N) is 1. The van der Waals surface area contributed by atoms with E-state index in [1.807, 2.05) is 6.26 Å². The van der Waals surface area contributed by atoms with Crippen molar-refractivity contribution >= 4 is 47.6 Å². The molecule has 0 spiro atoms. The van der Waals surface area contributed by atoms with Crippen molar-refractivity contribution in [1.82, 2.24) is 9.97 Å². The third-order valence-electron chi connectivity index (χ3n) is 2.54. The number of aromatic hydroxyl groups is 1. The Morgan fingerprint density at radius 1 is 1.30 bits per heavy atom. The molecule has 0 radical (unpaired) electrons. The van der Waals surface area contributed by atoms with Crippen LogP contribution in [0.5, 0.6) is 5.88 Å². The number of ether oxygens (including phenoxy) is 2. The van der Waals surface area contributed by atoms with E-state index in [-0.39, 0.29) is 35.9 Å². The van der Waals surface area contributed by atoms with Gasteiger partial charge in [-0.3, -0.25) is 24.6 Å². The molecule has 0 saturated heterocycles. The van der Waals surface area contributed by atoms with E-state index in [0.29, 0.717) is 6.29 Å². The SMILES string of the molecule is CCOC(=O)CC(=O)OCC.CCSC(SC)C(=N)N.O=Cc1nc(O)cc(=O)[nH]1. The van der Waals surface area contributed by atoms with Gasteiger partial charge in [-0.05, 0) is 25.9 Å². The Morgan fingerprint density at radius 3 is 2.13 bits per heavy atom. The quantitative estimate of drug-likeness (QED) is 0.103. The molecule has 1 aromatic heterocycles. The van der Waals surface area contributed by atoms with Crippen LogP contribution in [0.2, 0.25) is 0 Å². The lowest BCUT2D eigenvalue weighted by molar-refractivity contribution is -0.153. The first kappa shape index (κ1) is 29.7. The second kappa shape index (κ2) is 18.5. The van der Waals surface area contributed by atoms with Crippen LogP contribution in [0.1, 0.15) is 37.8 Å². The van der Waals surface area contributed by atoms with Crippen molar-refractivity contribution in [3.63, 3.8) is 0 Å². The number of carbonyl (C=O) groups excluding carboxylic acids is 3. The second-order valence-electron chi connectivity index (χ2n) is 4.87. The first-order valence-electron chi connectivity index (χ1n) is 8.69. The molecule has 0 fully saturated rings. The number of H-pyrrole nitrogens is 1. The Labute approximate surface area is 183 Å². The molecule has 1 atom stereocenters. The largest absolute Gasteiger partial charge is 0.493 e. The van der Waals surface area contributed by atoms with Crippen LogP contribution < -0.4 is 11.3 Å². The Balaban J connectivity index is 0. The molecular weight excluding hydrogens is 436 g/mol. The van der Waals surface area contributed by atoms with Crippen molar-refractivity contribution in [3.05, 3.63) is 22.2 Å². The van der Waals surface area contributed by atoms with E-state index < -0.39 is 23.4 Å². The lowest BCUT2D eigenvalue weighted by Crippen LogP contribution is -2.21. The van der Waals surface area contributed by atoms with Crippen molar-refractivity contribution in [2.45, 2.75) is 31.8 Å². The number of hydrogen-bond donors (Lipinski definition) is 4. The van der Waals surface area contributed by atoms with E-state index in [1.165, 1.54) is 0 Å². The van der Waals surface area contributed by atoms with Gasteiger partial charge in [-0.15, -0.1) is 23.5 Å². The van der Waals surface area contributed by atoms with Crippen molar-refractivity contribution in [2.75, 3.05) is 25.2 Å². The lowest BCUT2D eigenvalue weighted by atomic mass is 10.4. The van der Waals surface area contributed by atoms with Gasteiger partial charge < -0.3 is 25.3 Å². The zero-order valence-electron chi connectivity index (χ0n) is 17.3. The number of thioether (sulfide) groups is 2. The number of aldehydes is 1. The van der Waals surface area contributed by atoms with Crippen LogP contribution >= 0.6 is 23.5 Å². The molecular formula is C17H28N4O7S2. The molecule has 0 aliphatic rings. The summed E-state index contributed by atoms with van der Waals surface area (Å²) < 4.78 is 9.20. The molecule has 0 aliphatic heterocycles. The monoisotopic (exact) mass is 464 g/mol. The van der Waals surface area contributed by atoms with Gasteiger partial charge in [0.25, 0.3) is 5.56 Å². The lowest BCUT2D eigenvalue weighted by Gasteiger charge is -2.09. The number of aromatic nitrogens is 2. The van der Waals surface area contributed by atoms with Crippen LogP contribution in [0.3, 0.4) is 0 Å². The number of amidine groups is 1. The molecule has 0 aliphatic carbocycles. The maximum absolute atomic E-state index is 10.6. The number of hydrogen-bond acceptors (Lipinski definition) is 11. The van der Waals surface area contributed by atoms with E-state index in [2.05, 4.69) is 26.4 Å². The molecule has 0 bridgehead atoms. The Kier molecular flexibility index (Phi) is 18.3. The number of aromatic amines is 1. The zero-order chi connectivity index (χ0) is 23.5. The highest BCUT2D eigenvalue weighted by molar-refractivity contribution is 8.17. The minimum atomic E-state index is -0.547. The van der Waals surface area contributed by atoms with Crippen LogP contribution in [0.25, 0.3) is 0 Å². The summed E-state index contributed by atoms with van der Waals surface area (Å²) in [6.45, 7) is 6.01. The van der Waals surface area contributed by atoms with Crippen LogP contribution in [0, 0.1) is 5.41 Å². The van der Waals surface area contributed by atoms with Gasteiger partial charge in [0.15, 0.2) is 12.1 Å². The highest BCUT2D eigenvalue weighted by Gasteiger charge is 2.09. The molecule has 5 N–H and O–H groups in total. The molecule has 30 heavy (non-hydrogen) atoms. The average Bonchev–Trinajstić information content (AvgIpc) is 2.66. The van der Waals surface area contributed by atoms with E-state index in [0.717, 1.165) is 11.8 Å². The zero-order valence-corrected chi connectivity index (χ0v) is 18.9. The summed E-state index contributed by atoms with van der Waals surface area (Å²) in [7, 11) is 0. The van der Waals surface area contributed by atoms with E-state index >= 15 is 0 Å². The number of esters is 2.